The first-order valence-electron chi connectivity index (χ1n) is 9.46. The van der Waals surface area contributed by atoms with Crippen LogP contribution in [0.25, 0.3) is 0 Å². The number of rotatable bonds is 4. The third kappa shape index (κ3) is 4.81. The number of nitrogens with two attached hydrogens (primary N) is 1. The van der Waals surface area contributed by atoms with E-state index in [1.165, 1.54) is 5.56 Å². The van der Waals surface area contributed by atoms with Crippen molar-refractivity contribution in [3.63, 3.8) is 0 Å². The highest BCUT2D eigenvalue weighted by molar-refractivity contribution is 5.78. The summed E-state index contributed by atoms with van der Waals surface area (Å²) in [4.78, 5) is 19.4. The van der Waals surface area contributed by atoms with Gasteiger partial charge in [-0.05, 0) is 17.4 Å². The van der Waals surface area contributed by atoms with Crippen molar-refractivity contribution < 1.29 is 4.79 Å². The molecule has 0 aromatic heterocycles. The van der Waals surface area contributed by atoms with Crippen LogP contribution < -0.4 is 5.73 Å². The number of nitrogens with zero attached hydrogens (tertiary/aromatic N) is 3. The zero-order valence-electron chi connectivity index (χ0n) is 15.7. The monoisotopic (exact) mass is 344 g/mol. The molecule has 25 heavy (non-hydrogen) atoms. The summed E-state index contributed by atoms with van der Waals surface area (Å²) < 4.78 is 0. The molecule has 1 aromatic rings. The van der Waals surface area contributed by atoms with Gasteiger partial charge in [-0.1, -0.05) is 44.2 Å². The SMILES string of the molecule is CC1(C)CN(C(=O)CN2CCN(Cc3ccccc3)CC2)CCC1N. The maximum Gasteiger partial charge on any atom is 0.236 e. The topological polar surface area (TPSA) is 52.8 Å². The fraction of sp³-hybridized carbons (Fsp3) is 0.650. The standard InChI is InChI=1S/C20H32N4O/c1-20(2)16-24(9-8-18(20)21)19(25)15-23-12-10-22(11-13-23)14-17-6-4-3-5-7-17/h3-7,18H,8-16,21H2,1-2H3. The summed E-state index contributed by atoms with van der Waals surface area (Å²) in [6.45, 7) is 11.4. The van der Waals surface area contributed by atoms with Gasteiger partial charge in [-0.3, -0.25) is 14.6 Å². The molecular formula is C20H32N4O. The third-order valence-electron chi connectivity index (χ3n) is 5.74. The van der Waals surface area contributed by atoms with Gasteiger partial charge in [-0.15, -0.1) is 0 Å². The van der Waals surface area contributed by atoms with Gasteiger partial charge in [0.2, 0.25) is 5.91 Å². The number of hydrogen-bond donors (Lipinski definition) is 1. The Kier molecular flexibility index (Phi) is 5.77. The molecule has 3 rings (SSSR count). The van der Waals surface area contributed by atoms with Crippen molar-refractivity contribution in [3.8, 4) is 0 Å². The molecule has 0 saturated carbocycles. The molecule has 2 N–H and O–H groups in total. The van der Waals surface area contributed by atoms with Gasteiger partial charge in [0.05, 0.1) is 6.54 Å². The number of piperidine rings is 1. The molecule has 1 atom stereocenters. The summed E-state index contributed by atoms with van der Waals surface area (Å²) in [5.74, 6) is 0.261. The highest BCUT2D eigenvalue weighted by Crippen LogP contribution is 2.27. The summed E-state index contributed by atoms with van der Waals surface area (Å²) in [6, 6.07) is 10.8. The zero-order chi connectivity index (χ0) is 17.9. The summed E-state index contributed by atoms with van der Waals surface area (Å²) in [6.07, 6.45) is 0.906. The van der Waals surface area contributed by atoms with Crippen LogP contribution in [-0.2, 0) is 11.3 Å². The van der Waals surface area contributed by atoms with Gasteiger partial charge in [0.25, 0.3) is 0 Å². The van der Waals surface area contributed by atoms with E-state index in [2.05, 4.69) is 54.0 Å². The lowest BCUT2D eigenvalue weighted by Gasteiger charge is -2.43. The van der Waals surface area contributed by atoms with Gasteiger partial charge in [-0.25, -0.2) is 0 Å². The van der Waals surface area contributed by atoms with E-state index in [1.807, 2.05) is 4.90 Å². The van der Waals surface area contributed by atoms with E-state index < -0.39 is 0 Å². The molecule has 0 bridgehead atoms. The molecular weight excluding hydrogens is 312 g/mol. The van der Waals surface area contributed by atoms with Crippen LogP contribution in [0.5, 0.6) is 0 Å². The Morgan fingerprint density at radius 3 is 2.36 bits per heavy atom. The normalized spacial score (nSPS) is 25.1. The third-order valence-corrected chi connectivity index (χ3v) is 5.74. The molecule has 1 unspecified atom stereocenters. The highest BCUT2D eigenvalue weighted by Gasteiger charge is 2.35. The molecule has 2 aliphatic heterocycles. The van der Waals surface area contributed by atoms with Crippen molar-refractivity contribution >= 4 is 5.91 Å². The van der Waals surface area contributed by atoms with Crippen LogP contribution in [0.3, 0.4) is 0 Å². The number of hydrogen-bond acceptors (Lipinski definition) is 4. The maximum absolute atomic E-state index is 12.7. The molecule has 5 nitrogen and oxygen atoms in total. The van der Waals surface area contributed by atoms with E-state index in [-0.39, 0.29) is 17.4 Å². The molecule has 0 aliphatic carbocycles. The van der Waals surface area contributed by atoms with Gasteiger partial charge < -0.3 is 10.6 Å². The average Bonchev–Trinajstić information content (AvgIpc) is 2.60. The Labute approximate surface area is 151 Å². The largest absolute Gasteiger partial charge is 0.341 e. The Hall–Kier alpha value is -1.43. The summed E-state index contributed by atoms with van der Waals surface area (Å²) >= 11 is 0. The first-order chi connectivity index (χ1) is 11.9. The molecule has 2 saturated heterocycles. The van der Waals surface area contributed by atoms with Crippen LogP contribution in [-0.4, -0.2) is 72.5 Å². The number of carbonyl (C=O) groups excluding carboxylic acids is 1. The lowest BCUT2D eigenvalue weighted by molar-refractivity contribution is -0.136. The summed E-state index contributed by atoms with van der Waals surface area (Å²) in [5, 5.41) is 0. The van der Waals surface area contributed by atoms with Crippen molar-refractivity contribution in [2.75, 3.05) is 45.8 Å². The Balaban J connectivity index is 1.43. The minimum absolute atomic E-state index is 0.0162. The van der Waals surface area contributed by atoms with Gasteiger partial charge in [-0.2, -0.15) is 0 Å². The predicted octanol–water partition coefficient (Wildman–Crippen LogP) is 1.39. The van der Waals surface area contributed by atoms with Crippen LogP contribution in [0.4, 0.5) is 0 Å². The van der Waals surface area contributed by atoms with Crippen LogP contribution in [0.2, 0.25) is 0 Å². The minimum atomic E-state index is 0.0162. The van der Waals surface area contributed by atoms with Crippen molar-refractivity contribution in [1.82, 2.24) is 14.7 Å². The number of amides is 1. The molecule has 5 heteroatoms. The predicted molar refractivity (Wildman–Crippen MR) is 101 cm³/mol. The lowest BCUT2D eigenvalue weighted by atomic mass is 9.79. The average molecular weight is 345 g/mol. The molecule has 1 amide bonds. The van der Waals surface area contributed by atoms with Crippen LogP contribution in [0.15, 0.2) is 30.3 Å². The quantitative estimate of drug-likeness (QED) is 0.897. The molecule has 2 aliphatic rings. The highest BCUT2D eigenvalue weighted by atomic mass is 16.2. The van der Waals surface area contributed by atoms with Crippen molar-refractivity contribution in [2.24, 2.45) is 11.1 Å². The van der Waals surface area contributed by atoms with Crippen LogP contribution >= 0.6 is 0 Å². The minimum Gasteiger partial charge on any atom is -0.341 e. The number of benzene rings is 1. The van der Waals surface area contributed by atoms with E-state index in [0.29, 0.717) is 6.54 Å². The van der Waals surface area contributed by atoms with E-state index in [0.717, 1.165) is 52.2 Å². The van der Waals surface area contributed by atoms with Crippen molar-refractivity contribution in [2.45, 2.75) is 32.9 Å². The smallest absolute Gasteiger partial charge is 0.236 e. The first kappa shape index (κ1) is 18.4. The fourth-order valence-corrected chi connectivity index (χ4v) is 3.83. The molecule has 2 fully saturated rings. The fourth-order valence-electron chi connectivity index (χ4n) is 3.83. The second kappa shape index (κ2) is 7.85. The molecule has 2 heterocycles. The Morgan fingerprint density at radius 1 is 1.08 bits per heavy atom. The molecule has 0 radical (unpaired) electrons. The molecule has 0 spiro atoms. The van der Waals surface area contributed by atoms with Crippen molar-refractivity contribution in [3.05, 3.63) is 35.9 Å². The first-order valence-corrected chi connectivity index (χ1v) is 9.46. The number of likely N-dealkylation sites (tertiary alicyclic amines) is 1. The second-order valence-electron chi connectivity index (χ2n) is 8.24. The van der Waals surface area contributed by atoms with Crippen LogP contribution in [0.1, 0.15) is 25.8 Å². The van der Waals surface area contributed by atoms with Gasteiger partial charge in [0.15, 0.2) is 0 Å². The van der Waals surface area contributed by atoms with E-state index >= 15 is 0 Å². The Morgan fingerprint density at radius 2 is 1.72 bits per heavy atom. The van der Waals surface area contributed by atoms with E-state index in [1.54, 1.807) is 0 Å². The Bertz CT molecular complexity index is 566. The van der Waals surface area contributed by atoms with Gasteiger partial charge in [0, 0.05) is 51.9 Å². The van der Waals surface area contributed by atoms with Gasteiger partial charge in [0.1, 0.15) is 0 Å². The van der Waals surface area contributed by atoms with Gasteiger partial charge >= 0.3 is 0 Å². The second-order valence-corrected chi connectivity index (χ2v) is 8.24. The summed E-state index contributed by atoms with van der Waals surface area (Å²) in [7, 11) is 0. The molecule has 1 aromatic carbocycles. The number of piperazine rings is 1. The summed E-state index contributed by atoms with van der Waals surface area (Å²) in [5.41, 5.74) is 7.56. The van der Waals surface area contributed by atoms with Crippen molar-refractivity contribution in [1.29, 1.82) is 0 Å². The van der Waals surface area contributed by atoms with E-state index in [4.69, 9.17) is 5.73 Å². The van der Waals surface area contributed by atoms with E-state index in [9.17, 15) is 4.79 Å². The molecule has 138 valence electrons. The lowest BCUT2D eigenvalue weighted by Crippen LogP contribution is -2.56. The van der Waals surface area contributed by atoms with Crippen LogP contribution in [0, 0.1) is 5.41 Å². The zero-order valence-corrected chi connectivity index (χ0v) is 15.7. The number of carbonyl (C=O) groups is 1. The maximum atomic E-state index is 12.7.